The summed E-state index contributed by atoms with van der Waals surface area (Å²) in [6.07, 6.45) is -2.49. The average Bonchev–Trinajstić information content (AvgIpc) is 3.04. The molecule has 2 aliphatic heterocycles. The molecule has 2 aromatic rings. The Balaban J connectivity index is 1.85. The van der Waals surface area contributed by atoms with Crippen LogP contribution in [0.3, 0.4) is 0 Å². The third-order valence-corrected chi connectivity index (χ3v) is 4.96. The minimum Gasteiger partial charge on any atom is -0.352 e. The van der Waals surface area contributed by atoms with Crippen LogP contribution in [0.15, 0.2) is 41.5 Å². The van der Waals surface area contributed by atoms with E-state index in [1.807, 2.05) is 35.1 Å². The maximum atomic E-state index is 13.2. The molecular weight excluding hydrogens is 343 g/mol. The van der Waals surface area contributed by atoms with E-state index < -0.39 is 11.7 Å². The lowest BCUT2D eigenvalue weighted by atomic mass is 10.1. The zero-order valence-corrected chi connectivity index (χ0v) is 14.7. The van der Waals surface area contributed by atoms with Crippen LogP contribution in [-0.2, 0) is 6.18 Å². The second-order valence-corrected chi connectivity index (χ2v) is 6.69. The Bertz CT molecular complexity index is 847. The Morgan fingerprint density at radius 2 is 1.73 bits per heavy atom. The minimum absolute atomic E-state index is 0.333. The first-order chi connectivity index (χ1) is 12.3. The summed E-state index contributed by atoms with van der Waals surface area (Å²) in [7, 11) is 3.89. The molecule has 0 atom stereocenters. The van der Waals surface area contributed by atoms with Crippen LogP contribution in [0, 0.1) is 0 Å². The Morgan fingerprint density at radius 3 is 2.42 bits per heavy atom. The van der Waals surface area contributed by atoms with E-state index in [0.29, 0.717) is 17.2 Å². The molecule has 0 saturated carbocycles. The minimum atomic E-state index is -4.39. The van der Waals surface area contributed by atoms with Crippen molar-refractivity contribution in [2.24, 2.45) is 4.99 Å². The zero-order valence-electron chi connectivity index (χ0n) is 14.7. The average molecular weight is 363 g/mol. The van der Waals surface area contributed by atoms with Crippen molar-refractivity contribution in [2.75, 3.05) is 45.3 Å². The van der Waals surface area contributed by atoms with Gasteiger partial charge in [0, 0.05) is 39.4 Å². The number of nitrogens with zero attached hydrogens (tertiary/aromatic N) is 5. The highest BCUT2D eigenvalue weighted by atomic mass is 19.4. The summed E-state index contributed by atoms with van der Waals surface area (Å²) in [5, 5.41) is 1.83. The molecule has 8 heteroatoms. The Labute approximate surface area is 149 Å². The molecular formula is C18H20F3N5. The van der Waals surface area contributed by atoms with Crippen LogP contribution >= 0.6 is 0 Å². The first-order valence-corrected chi connectivity index (χ1v) is 8.50. The second kappa shape index (κ2) is 6.05. The molecule has 2 aliphatic rings. The van der Waals surface area contributed by atoms with Crippen LogP contribution in [0.4, 0.5) is 24.5 Å². The van der Waals surface area contributed by atoms with E-state index in [0.717, 1.165) is 44.0 Å². The van der Waals surface area contributed by atoms with Gasteiger partial charge in [-0.25, -0.2) is 4.99 Å². The summed E-state index contributed by atoms with van der Waals surface area (Å²) >= 11 is 0. The van der Waals surface area contributed by atoms with Gasteiger partial charge in [-0.15, -0.1) is 0 Å². The van der Waals surface area contributed by atoms with Gasteiger partial charge in [-0.3, -0.25) is 9.69 Å². The second-order valence-electron chi connectivity index (χ2n) is 6.69. The maximum Gasteiger partial charge on any atom is 0.416 e. The number of hydrogen-bond acceptors (Lipinski definition) is 4. The van der Waals surface area contributed by atoms with Crippen LogP contribution < -0.4 is 5.01 Å². The normalized spacial score (nSPS) is 18.3. The molecule has 0 unspecified atom stereocenters. The van der Waals surface area contributed by atoms with E-state index in [-0.39, 0.29) is 0 Å². The molecule has 0 radical (unpaired) electrons. The molecule has 138 valence electrons. The van der Waals surface area contributed by atoms with Gasteiger partial charge in [0.25, 0.3) is 0 Å². The molecule has 3 heterocycles. The van der Waals surface area contributed by atoms with Gasteiger partial charge in [0.2, 0.25) is 0 Å². The lowest BCUT2D eigenvalue weighted by molar-refractivity contribution is -0.137. The Morgan fingerprint density at radius 1 is 1.00 bits per heavy atom. The van der Waals surface area contributed by atoms with Gasteiger partial charge in [0.05, 0.1) is 16.9 Å². The number of anilines is 1. The van der Waals surface area contributed by atoms with Crippen molar-refractivity contribution in [3.8, 4) is 0 Å². The largest absolute Gasteiger partial charge is 0.416 e. The molecule has 1 saturated heterocycles. The van der Waals surface area contributed by atoms with E-state index in [9.17, 15) is 13.2 Å². The van der Waals surface area contributed by atoms with Crippen molar-refractivity contribution in [1.29, 1.82) is 0 Å². The monoisotopic (exact) mass is 363 g/mol. The number of aromatic nitrogens is 1. The first-order valence-electron chi connectivity index (χ1n) is 8.50. The number of likely N-dealkylation sites (N-methyl/N-ethyl adjacent to an activating group) is 1. The van der Waals surface area contributed by atoms with Crippen molar-refractivity contribution >= 4 is 17.2 Å². The molecule has 0 N–H and O–H groups in total. The first kappa shape index (κ1) is 17.0. The van der Waals surface area contributed by atoms with Crippen LogP contribution in [0.1, 0.15) is 11.3 Å². The summed E-state index contributed by atoms with van der Waals surface area (Å²) < 4.78 is 41.4. The fourth-order valence-electron chi connectivity index (χ4n) is 3.41. The number of fused-ring (bicyclic) bond motifs is 2. The lowest BCUT2D eigenvalue weighted by Crippen LogP contribution is -2.48. The van der Waals surface area contributed by atoms with Crippen molar-refractivity contribution in [3.63, 3.8) is 0 Å². The van der Waals surface area contributed by atoms with E-state index in [4.69, 9.17) is 0 Å². The van der Waals surface area contributed by atoms with Crippen LogP contribution in [-0.4, -0.2) is 60.6 Å². The molecule has 0 bridgehead atoms. The van der Waals surface area contributed by atoms with Gasteiger partial charge in [-0.1, -0.05) is 0 Å². The molecule has 4 rings (SSSR count). The summed E-state index contributed by atoms with van der Waals surface area (Å²) in [6.45, 7) is 3.37. The highest BCUT2D eigenvalue weighted by molar-refractivity contribution is 6.01. The standard InChI is InChI=1S/C18H20F3N5/c1-23-8-10-25(11-9-23)17-16-4-3-7-26(16)24(2)15-6-5-13(18(19,20)21)12-14(15)22-17/h3-7,12H,8-11H2,1-2H3. The quantitative estimate of drug-likeness (QED) is 0.720. The maximum absolute atomic E-state index is 13.2. The fourth-order valence-corrected chi connectivity index (χ4v) is 3.41. The number of amidine groups is 1. The molecule has 0 spiro atoms. The van der Waals surface area contributed by atoms with Crippen LogP contribution in [0.25, 0.3) is 0 Å². The molecule has 5 nitrogen and oxygen atoms in total. The molecule has 0 amide bonds. The van der Waals surface area contributed by atoms with Gasteiger partial charge in [-0.2, -0.15) is 13.2 Å². The van der Waals surface area contributed by atoms with Crippen molar-refractivity contribution < 1.29 is 13.2 Å². The molecule has 1 fully saturated rings. The summed E-state index contributed by atoms with van der Waals surface area (Å²) in [4.78, 5) is 9.07. The van der Waals surface area contributed by atoms with E-state index in [1.54, 1.807) is 0 Å². The number of piperazine rings is 1. The van der Waals surface area contributed by atoms with Gasteiger partial charge >= 0.3 is 6.18 Å². The lowest BCUT2D eigenvalue weighted by Gasteiger charge is -2.34. The van der Waals surface area contributed by atoms with Crippen molar-refractivity contribution in [1.82, 2.24) is 14.5 Å². The summed E-state index contributed by atoms with van der Waals surface area (Å²) in [5.41, 5.74) is 1.17. The SMILES string of the molecule is CN1CCN(C2=Nc3cc(C(F)(F)F)ccc3N(C)n3cccc32)CC1. The van der Waals surface area contributed by atoms with Crippen LogP contribution in [0.5, 0.6) is 0 Å². The predicted octanol–water partition coefficient (Wildman–Crippen LogP) is 3.05. The van der Waals surface area contributed by atoms with Crippen molar-refractivity contribution in [2.45, 2.75) is 6.18 Å². The van der Waals surface area contributed by atoms with Crippen LogP contribution in [0.2, 0.25) is 0 Å². The Hall–Kier alpha value is -2.48. The third kappa shape index (κ3) is 2.84. The topological polar surface area (TPSA) is 27.0 Å². The number of benzene rings is 1. The number of alkyl halides is 3. The third-order valence-electron chi connectivity index (χ3n) is 4.96. The van der Waals surface area contributed by atoms with E-state index >= 15 is 0 Å². The van der Waals surface area contributed by atoms with Crippen molar-refractivity contribution in [3.05, 3.63) is 47.8 Å². The smallest absolute Gasteiger partial charge is 0.352 e. The Kier molecular flexibility index (Phi) is 3.95. The highest BCUT2D eigenvalue weighted by Crippen LogP contribution is 2.38. The zero-order chi connectivity index (χ0) is 18.5. The number of rotatable bonds is 0. The van der Waals surface area contributed by atoms with Gasteiger partial charge < -0.3 is 9.80 Å². The number of hydrogen-bond donors (Lipinski definition) is 0. The number of halogens is 3. The van der Waals surface area contributed by atoms with Gasteiger partial charge in [-0.05, 0) is 37.4 Å². The predicted molar refractivity (Wildman–Crippen MR) is 94.9 cm³/mol. The summed E-state index contributed by atoms with van der Waals surface area (Å²) in [6, 6.07) is 7.60. The van der Waals surface area contributed by atoms with E-state index in [1.165, 1.54) is 6.07 Å². The molecule has 1 aromatic heterocycles. The van der Waals surface area contributed by atoms with Gasteiger partial charge in [0.1, 0.15) is 5.69 Å². The molecule has 0 aliphatic carbocycles. The highest BCUT2D eigenvalue weighted by Gasteiger charge is 2.33. The summed E-state index contributed by atoms with van der Waals surface area (Å²) in [5.74, 6) is 0.716. The molecule has 26 heavy (non-hydrogen) atoms. The van der Waals surface area contributed by atoms with E-state index in [2.05, 4.69) is 21.8 Å². The molecule has 1 aromatic carbocycles. The van der Waals surface area contributed by atoms with Gasteiger partial charge in [0.15, 0.2) is 5.84 Å². The fraction of sp³-hybridized carbons (Fsp3) is 0.389. The number of aliphatic imine (C=N–C) groups is 1.